The maximum atomic E-state index is 8.99. The van der Waals surface area contributed by atoms with Gasteiger partial charge in [0.15, 0.2) is 5.75 Å². The predicted molar refractivity (Wildman–Crippen MR) is 70.5 cm³/mol. The molecule has 92 valence electrons. The van der Waals surface area contributed by atoms with Crippen LogP contribution in [0.1, 0.15) is 38.0 Å². The van der Waals surface area contributed by atoms with Crippen molar-refractivity contribution in [1.29, 1.82) is 5.26 Å². The average Bonchev–Trinajstić information content (AvgIpc) is 2.50. The summed E-state index contributed by atoms with van der Waals surface area (Å²) in [6.07, 6.45) is 3.69. The summed E-state index contributed by atoms with van der Waals surface area (Å²) in [5.74, 6) is 0.647. The highest BCUT2D eigenvalue weighted by atomic mass is 32.1. The van der Waals surface area contributed by atoms with Crippen molar-refractivity contribution in [3.05, 3.63) is 4.88 Å². The monoisotopic (exact) mass is 251 g/mol. The minimum absolute atomic E-state index is 0.0559. The lowest BCUT2D eigenvalue weighted by molar-refractivity contribution is 0.245. The van der Waals surface area contributed by atoms with Crippen LogP contribution in [0.3, 0.4) is 0 Å². The van der Waals surface area contributed by atoms with Gasteiger partial charge in [0.2, 0.25) is 0 Å². The number of thiophene rings is 1. The van der Waals surface area contributed by atoms with E-state index < -0.39 is 0 Å². The molecule has 0 radical (unpaired) electrons. The molecule has 1 aromatic heterocycles. The first-order valence-electron chi connectivity index (χ1n) is 5.87. The fourth-order valence-corrected chi connectivity index (χ4v) is 2.63. The Morgan fingerprint density at radius 1 is 1.53 bits per heavy atom. The van der Waals surface area contributed by atoms with Crippen LogP contribution in [0.25, 0.3) is 0 Å². The first kappa shape index (κ1) is 12.1. The number of ether oxygens (including phenoxy) is 1. The highest BCUT2D eigenvalue weighted by Crippen LogP contribution is 2.44. The van der Waals surface area contributed by atoms with Gasteiger partial charge in [-0.1, -0.05) is 0 Å². The lowest BCUT2D eigenvalue weighted by Crippen LogP contribution is -2.26. The van der Waals surface area contributed by atoms with Crippen LogP contribution in [-0.2, 0) is 0 Å². The number of hydrogen-bond donors (Lipinski definition) is 2. The maximum Gasteiger partial charge on any atom is 0.178 e. The van der Waals surface area contributed by atoms with E-state index in [1.165, 1.54) is 30.6 Å². The first-order valence-corrected chi connectivity index (χ1v) is 6.69. The van der Waals surface area contributed by atoms with Crippen LogP contribution >= 0.6 is 11.3 Å². The summed E-state index contributed by atoms with van der Waals surface area (Å²) in [7, 11) is 0. The molecule has 0 aliphatic heterocycles. The second-order valence-electron chi connectivity index (χ2n) is 4.55. The van der Waals surface area contributed by atoms with Gasteiger partial charge in [-0.05, 0) is 33.1 Å². The quantitative estimate of drug-likeness (QED) is 0.863. The molecule has 1 fully saturated rings. The lowest BCUT2D eigenvalue weighted by Gasteiger charge is -2.27. The van der Waals surface area contributed by atoms with Crippen LogP contribution in [0.15, 0.2) is 0 Å². The molecule has 1 saturated carbocycles. The van der Waals surface area contributed by atoms with Crippen molar-refractivity contribution in [3.8, 4) is 11.8 Å². The fraction of sp³-hybridized carbons (Fsp3) is 0.583. The van der Waals surface area contributed by atoms with Crippen molar-refractivity contribution in [2.45, 2.75) is 45.3 Å². The molecule has 0 saturated heterocycles. The van der Waals surface area contributed by atoms with E-state index in [2.05, 4.69) is 11.4 Å². The number of nitrogens with one attached hydrogen (secondary N) is 1. The minimum Gasteiger partial charge on any atom is -0.486 e. The minimum atomic E-state index is 0.0559. The van der Waals surface area contributed by atoms with Crippen LogP contribution in [0.2, 0.25) is 0 Å². The molecule has 0 spiro atoms. The van der Waals surface area contributed by atoms with E-state index in [0.717, 1.165) is 5.00 Å². The highest BCUT2D eigenvalue weighted by Gasteiger charge is 2.23. The molecular weight excluding hydrogens is 234 g/mol. The van der Waals surface area contributed by atoms with Crippen LogP contribution in [0, 0.1) is 11.3 Å². The molecule has 0 amide bonds. The van der Waals surface area contributed by atoms with Crippen molar-refractivity contribution < 1.29 is 4.74 Å². The molecule has 1 aliphatic rings. The van der Waals surface area contributed by atoms with Gasteiger partial charge in [0.05, 0.1) is 6.10 Å². The molecule has 1 heterocycles. The van der Waals surface area contributed by atoms with Crippen molar-refractivity contribution >= 4 is 22.0 Å². The van der Waals surface area contributed by atoms with E-state index in [1.807, 2.05) is 13.8 Å². The Balaban J connectivity index is 2.24. The predicted octanol–water partition coefficient (Wildman–Crippen LogP) is 2.95. The van der Waals surface area contributed by atoms with Crippen molar-refractivity contribution in [3.63, 3.8) is 0 Å². The first-order chi connectivity index (χ1) is 8.11. The van der Waals surface area contributed by atoms with Crippen LogP contribution in [0.5, 0.6) is 5.75 Å². The zero-order valence-corrected chi connectivity index (χ0v) is 10.9. The second kappa shape index (κ2) is 4.84. The molecule has 0 atom stereocenters. The van der Waals surface area contributed by atoms with Gasteiger partial charge in [-0.25, -0.2) is 0 Å². The van der Waals surface area contributed by atoms with Gasteiger partial charge in [0.25, 0.3) is 0 Å². The number of nitrogens with two attached hydrogens (primary N) is 1. The van der Waals surface area contributed by atoms with E-state index in [4.69, 9.17) is 15.7 Å². The number of nitrogens with zero attached hydrogens (tertiary/aromatic N) is 1. The summed E-state index contributed by atoms with van der Waals surface area (Å²) in [4.78, 5) is 0.530. The molecule has 0 bridgehead atoms. The number of anilines is 2. The molecule has 0 unspecified atom stereocenters. The average molecular weight is 251 g/mol. The topological polar surface area (TPSA) is 71.1 Å². The number of rotatable bonds is 4. The van der Waals surface area contributed by atoms with Gasteiger partial charge in [-0.2, -0.15) is 5.26 Å². The van der Waals surface area contributed by atoms with Crippen LogP contribution in [-0.4, -0.2) is 12.1 Å². The molecule has 1 aliphatic carbocycles. The third-order valence-corrected chi connectivity index (χ3v) is 3.82. The molecule has 0 aromatic carbocycles. The van der Waals surface area contributed by atoms with Gasteiger partial charge >= 0.3 is 0 Å². The van der Waals surface area contributed by atoms with Crippen LogP contribution in [0.4, 0.5) is 10.7 Å². The molecule has 5 heteroatoms. The van der Waals surface area contributed by atoms with E-state index in [9.17, 15) is 0 Å². The third kappa shape index (κ3) is 2.47. The summed E-state index contributed by atoms with van der Waals surface area (Å²) in [6, 6.07) is 2.62. The van der Waals surface area contributed by atoms with Crippen LogP contribution < -0.4 is 15.8 Å². The lowest BCUT2D eigenvalue weighted by atomic mass is 9.93. The Labute approximate surface area is 105 Å². The SMILES string of the molecule is CC(C)Oc1c(NC2CCC2)sc(C#N)c1N. The standard InChI is InChI=1S/C12H17N3OS/c1-7(2)16-11-10(14)9(6-13)17-12(11)15-8-4-3-5-8/h7-8,15H,3-5,14H2,1-2H3. The number of hydrogen-bond acceptors (Lipinski definition) is 5. The Morgan fingerprint density at radius 2 is 2.24 bits per heavy atom. The van der Waals surface area contributed by atoms with Crippen molar-refractivity contribution in [2.75, 3.05) is 11.1 Å². The van der Waals surface area contributed by atoms with Crippen molar-refractivity contribution in [2.24, 2.45) is 0 Å². The second-order valence-corrected chi connectivity index (χ2v) is 5.57. The van der Waals surface area contributed by atoms with E-state index in [0.29, 0.717) is 22.4 Å². The summed E-state index contributed by atoms with van der Waals surface area (Å²) >= 11 is 1.38. The zero-order chi connectivity index (χ0) is 12.4. The van der Waals surface area contributed by atoms with E-state index >= 15 is 0 Å². The number of nitrogen functional groups attached to an aromatic ring is 1. The molecular formula is C12H17N3OS. The third-order valence-electron chi connectivity index (χ3n) is 2.80. The highest BCUT2D eigenvalue weighted by molar-refractivity contribution is 7.17. The summed E-state index contributed by atoms with van der Waals surface area (Å²) in [6.45, 7) is 3.91. The Bertz CT molecular complexity index is 443. The maximum absolute atomic E-state index is 8.99. The smallest absolute Gasteiger partial charge is 0.178 e. The summed E-state index contributed by atoms with van der Waals surface area (Å²) in [5, 5.41) is 13.3. The normalized spacial score (nSPS) is 15.4. The molecule has 3 N–H and O–H groups in total. The molecule has 1 aromatic rings. The Hall–Kier alpha value is -1.41. The fourth-order valence-electron chi connectivity index (χ4n) is 1.70. The largest absolute Gasteiger partial charge is 0.486 e. The van der Waals surface area contributed by atoms with Crippen molar-refractivity contribution in [1.82, 2.24) is 0 Å². The summed E-state index contributed by atoms with van der Waals surface area (Å²) in [5.41, 5.74) is 6.39. The van der Waals surface area contributed by atoms with Gasteiger partial charge < -0.3 is 15.8 Å². The van der Waals surface area contributed by atoms with Gasteiger partial charge in [-0.15, -0.1) is 11.3 Å². The van der Waals surface area contributed by atoms with Gasteiger partial charge in [-0.3, -0.25) is 0 Å². The molecule has 4 nitrogen and oxygen atoms in total. The van der Waals surface area contributed by atoms with E-state index in [-0.39, 0.29) is 6.10 Å². The Kier molecular flexibility index (Phi) is 3.43. The van der Waals surface area contributed by atoms with Gasteiger partial charge in [0.1, 0.15) is 21.6 Å². The van der Waals surface area contributed by atoms with Gasteiger partial charge in [0, 0.05) is 6.04 Å². The van der Waals surface area contributed by atoms with E-state index in [1.54, 1.807) is 0 Å². The molecule has 17 heavy (non-hydrogen) atoms. The zero-order valence-electron chi connectivity index (χ0n) is 10.1. The summed E-state index contributed by atoms with van der Waals surface area (Å²) < 4.78 is 5.70. The Morgan fingerprint density at radius 3 is 2.71 bits per heavy atom. The number of nitriles is 1. The molecule has 2 rings (SSSR count).